The molecule has 1 heterocycles. The maximum absolute atomic E-state index is 9.10. The van der Waals surface area contributed by atoms with Crippen LogP contribution in [-0.2, 0) is 0 Å². The second-order valence-corrected chi connectivity index (χ2v) is 5.19. The maximum Gasteiger partial charge on any atom is 0.0585 e. The van der Waals surface area contributed by atoms with E-state index in [1.54, 1.807) is 0 Å². The van der Waals surface area contributed by atoms with Crippen molar-refractivity contribution in [2.24, 2.45) is 11.7 Å². The van der Waals surface area contributed by atoms with Crippen molar-refractivity contribution in [1.82, 2.24) is 0 Å². The van der Waals surface area contributed by atoms with Gasteiger partial charge in [-0.05, 0) is 49.4 Å². The molecule has 0 aliphatic carbocycles. The van der Waals surface area contributed by atoms with Crippen molar-refractivity contribution in [3.05, 3.63) is 29.3 Å². The van der Waals surface area contributed by atoms with Crippen LogP contribution in [0.5, 0.6) is 0 Å². The molecule has 0 bridgehead atoms. The van der Waals surface area contributed by atoms with Gasteiger partial charge in [-0.1, -0.05) is 6.07 Å². The Hall–Kier alpha value is -1.06. The van der Waals surface area contributed by atoms with Gasteiger partial charge in [0.05, 0.1) is 6.61 Å². The quantitative estimate of drug-likeness (QED) is 0.832. The monoisotopic (exact) mass is 234 g/mol. The van der Waals surface area contributed by atoms with E-state index in [4.69, 9.17) is 10.8 Å². The highest BCUT2D eigenvalue weighted by Gasteiger charge is 2.27. The number of rotatable bonds is 3. The third kappa shape index (κ3) is 2.79. The van der Waals surface area contributed by atoms with Crippen molar-refractivity contribution < 1.29 is 5.11 Å². The maximum atomic E-state index is 9.10. The predicted molar refractivity (Wildman–Crippen MR) is 71.3 cm³/mol. The van der Waals surface area contributed by atoms with Crippen LogP contribution in [0.25, 0.3) is 0 Å². The normalized spacial score (nSPS) is 21.9. The molecule has 1 aliphatic heterocycles. The van der Waals surface area contributed by atoms with Crippen molar-refractivity contribution in [1.29, 1.82) is 0 Å². The van der Waals surface area contributed by atoms with E-state index in [1.165, 1.54) is 16.8 Å². The van der Waals surface area contributed by atoms with E-state index in [0.29, 0.717) is 5.92 Å². The van der Waals surface area contributed by atoms with Crippen LogP contribution in [0.1, 0.15) is 17.5 Å². The first-order valence-electron chi connectivity index (χ1n) is 6.30. The van der Waals surface area contributed by atoms with E-state index in [9.17, 15) is 0 Å². The molecule has 3 nitrogen and oxygen atoms in total. The summed E-state index contributed by atoms with van der Waals surface area (Å²) >= 11 is 0. The lowest BCUT2D eigenvalue weighted by molar-refractivity contribution is 0.233. The Morgan fingerprint density at radius 3 is 2.59 bits per heavy atom. The number of nitrogens with two attached hydrogens (primary N) is 1. The van der Waals surface area contributed by atoms with Crippen LogP contribution in [0.4, 0.5) is 5.69 Å². The molecule has 1 fully saturated rings. The van der Waals surface area contributed by atoms with Crippen LogP contribution >= 0.6 is 0 Å². The van der Waals surface area contributed by atoms with Gasteiger partial charge >= 0.3 is 0 Å². The zero-order chi connectivity index (χ0) is 12.4. The molecule has 0 aromatic heterocycles. The van der Waals surface area contributed by atoms with Gasteiger partial charge in [0.2, 0.25) is 0 Å². The van der Waals surface area contributed by atoms with Gasteiger partial charge in [0.15, 0.2) is 0 Å². The van der Waals surface area contributed by atoms with Crippen molar-refractivity contribution in [2.45, 2.75) is 26.3 Å². The van der Waals surface area contributed by atoms with Crippen LogP contribution in [0.15, 0.2) is 18.2 Å². The topological polar surface area (TPSA) is 49.5 Å². The van der Waals surface area contributed by atoms with Gasteiger partial charge in [-0.2, -0.15) is 0 Å². The average Bonchev–Trinajstić information content (AvgIpc) is 2.76. The predicted octanol–water partition coefficient (Wildman–Crippen LogP) is 1.45. The zero-order valence-electron chi connectivity index (χ0n) is 10.7. The van der Waals surface area contributed by atoms with Crippen LogP contribution in [0.3, 0.4) is 0 Å². The van der Waals surface area contributed by atoms with Crippen LogP contribution in [0.2, 0.25) is 0 Å². The zero-order valence-corrected chi connectivity index (χ0v) is 10.7. The lowest BCUT2D eigenvalue weighted by atomic mass is 10.0. The largest absolute Gasteiger partial charge is 0.395 e. The van der Waals surface area contributed by atoms with E-state index in [2.05, 4.69) is 36.9 Å². The lowest BCUT2D eigenvalue weighted by Crippen LogP contribution is -2.35. The fourth-order valence-electron chi connectivity index (χ4n) is 2.65. The molecule has 17 heavy (non-hydrogen) atoms. The minimum atomic E-state index is -0.0779. The number of hydrogen-bond acceptors (Lipinski definition) is 3. The standard InChI is InChI=1S/C14H22N2O/c1-10-5-11(2)7-13(6-10)16-4-3-12(8-16)14(15)9-17/h5-7,12,14,17H,3-4,8-9,15H2,1-2H3. The van der Waals surface area contributed by atoms with Crippen molar-refractivity contribution >= 4 is 5.69 Å². The molecule has 3 heteroatoms. The summed E-state index contributed by atoms with van der Waals surface area (Å²) in [7, 11) is 0. The molecule has 1 aromatic carbocycles. The smallest absolute Gasteiger partial charge is 0.0585 e. The molecule has 0 amide bonds. The Morgan fingerprint density at radius 1 is 1.35 bits per heavy atom. The molecular formula is C14H22N2O. The summed E-state index contributed by atoms with van der Waals surface area (Å²) in [6, 6.07) is 6.56. The first-order chi connectivity index (χ1) is 8.10. The van der Waals surface area contributed by atoms with E-state index >= 15 is 0 Å². The first-order valence-corrected chi connectivity index (χ1v) is 6.30. The summed E-state index contributed by atoms with van der Waals surface area (Å²) in [6.45, 7) is 6.35. The van der Waals surface area contributed by atoms with Crippen molar-refractivity contribution in [3.8, 4) is 0 Å². The molecule has 1 aromatic rings. The molecule has 0 radical (unpaired) electrons. The number of benzene rings is 1. The number of nitrogens with zero attached hydrogens (tertiary/aromatic N) is 1. The molecule has 94 valence electrons. The molecule has 1 aliphatic rings. The van der Waals surface area contributed by atoms with Gasteiger partial charge in [-0.15, -0.1) is 0 Å². The highest BCUT2D eigenvalue weighted by Crippen LogP contribution is 2.26. The average molecular weight is 234 g/mol. The molecule has 2 unspecified atom stereocenters. The summed E-state index contributed by atoms with van der Waals surface area (Å²) in [5, 5.41) is 9.10. The summed E-state index contributed by atoms with van der Waals surface area (Å²) in [5.74, 6) is 0.417. The van der Waals surface area contributed by atoms with E-state index < -0.39 is 0 Å². The molecule has 1 saturated heterocycles. The highest BCUT2D eigenvalue weighted by molar-refractivity contribution is 5.51. The van der Waals surface area contributed by atoms with Gasteiger partial charge in [-0.25, -0.2) is 0 Å². The molecule has 2 atom stereocenters. The molecule has 0 spiro atoms. The third-order valence-corrected chi connectivity index (χ3v) is 3.61. The van der Waals surface area contributed by atoms with Gasteiger partial charge in [0.1, 0.15) is 0 Å². The molecule has 3 N–H and O–H groups in total. The van der Waals surface area contributed by atoms with Gasteiger partial charge in [0.25, 0.3) is 0 Å². The first kappa shape index (κ1) is 12.4. The van der Waals surface area contributed by atoms with Crippen LogP contribution < -0.4 is 10.6 Å². The molecule has 0 saturated carbocycles. The minimum absolute atomic E-state index is 0.0779. The number of aliphatic hydroxyl groups is 1. The van der Waals surface area contributed by atoms with E-state index in [1.807, 2.05) is 0 Å². The van der Waals surface area contributed by atoms with Gasteiger partial charge < -0.3 is 15.7 Å². The molecule has 2 rings (SSSR count). The second kappa shape index (κ2) is 5.07. The summed E-state index contributed by atoms with van der Waals surface area (Å²) < 4.78 is 0. The summed E-state index contributed by atoms with van der Waals surface area (Å²) in [5.41, 5.74) is 9.79. The van der Waals surface area contributed by atoms with E-state index in [0.717, 1.165) is 19.5 Å². The fourth-order valence-corrected chi connectivity index (χ4v) is 2.65. The Kier molecular flexibility index (Phi) is 3.69. The number of aliphatic hydroxyl groups excluding tert-OH is 1. The number of aryl methyl sites for hydroxylation is 2. The number of anilines is 1. The Labute approximate surface area is 103 Å². The SMILES string of the molecule is Cc1cc(C)cc(N2CCC(C(N)CO)C2)c1. The number of hydrogen-bond donors (Lipinski definition) is 2. The van der Waals surface area contributed by atoms with Crippen LogP contribution in [0, 0.1) is 19.8 Å². The van der Waals surface area contributed by atoms with Gasteiger partial charge in [0, 0.05) is 24.8 Å². The lowest BCUT2D eigenvalue weighted by Gasteiger charge is -2.21. The van der Waals surface area contributed by atoms with Crippen LogP contribution in [-0.4, -0.2) is 30.8 Å². The third-order valence-electron chi connectivity index (χ3n) is 3.61. The van der Waals surface area contributed by atoms with Gasteiger partial charge in [-0.3, -0.25) is 0 Å². The molecular weight excluding hydrogens is 212 g/mol. The fraction of sp³-hybridized carbons (Fsp3) is 0.571. The van der Waals surface area contributed by atoms with Crippen molar-refractivity contribution in [2.75, 3.05) is 24.6 Å². The van der Waals surface area contributed by atoms with E-state index in [-0.39, 0.29) is 12.6 Å². The highest BCUT2D eigenvalue weighted by atomic mass is 16.3. The Balaban J connectivity index is 2.09. The Morgan fingerprint density at radius 2 is 2.00 bits per heavy atom. The summed E-state index contributed by atoms with van der Waals surface area (Å²) in [4.78, 5) is 2.38. The Bertz CT molecular complexity index is 372. The minimum Gasteiger partial charge on any atom is -0.395 e. The second-order valence-electron chi connectivity index (χ2n) is 5.19. The van der Waals surface area contributed by atoms with Crippen molar-refractivity contribution in [3.63, 3.8) is 0 Å². The summed E-state index contributed by atoms with van der Waals surface area (Å²) in [6.07, 6.45) is 1.08.